The normalized spacial score (nSPS) is 16.8. The van der Waals surface area contributed by atoms with Crippen molar-refractivity contribution < 1.29 is 18.0 Å². The Bertz CT molecular complexity index is 743. The van der Waals surface area contributed by atoms with Gasteiger partial charge >= 0.3 is 6.18 Å². The first kappa shape index (κ1) is 21.7. The molecule has 4 nitrogen and oxygen atoms in total. The number of nitrogens with zero attached hydrogens (tertiary/aromatic N) is 1. The summed E-state index contributed by atoms with van der Waals surface area (Å²) in [6.07, 6.45) is -1.84. The Hall–Kier alpha value is -1.64. The second-order valence-corrected chi connectivity index (χ2v) is 7.25. The van der Waals surface area contributed by atoms with Crippen molar-refractivity contribution in [2.24, 2.45) is 5.92 Å². The number of carbonyl (C=O) groups is 1. The lowest BCUT2D eigenvalue weighted by Gasteiger charge is -2.08. The number of carbonyl (C=O) groups excluding carboxylic acids is 1. The van der Waals surface area contributed by atoms with Gasteiger partial charge in [-0.1, -0.05) is 12.1 Å². The molecule has 1 aromatic carbocycles. The van der Waals surface area contributed by atoms with Crippen molar-refractivity contribution in [1.82, 2.24) is 15.6 Å². The SMILES string of the molecule is Cl.O=C(CCC1CCNC1)NCc1csc(-c2ccc(C(F)(F)F)cc2)n1. The van der Waals surface area contributed by atoms with Crippen molar-refractivity contribution in [2.45, 2.75) is 32.0 Å². The zero-order chi connectivity index (χ0) is 18.6. The summed E-state index contributed by atoms with van der Waals surface area (Å²) < 4.78 is 37.8. The van der Waals surface area contributed by atoms with Crippen LogP contribution in [0.3, 0.4) is 0 Å². The van der Waals surface area contributed by atoms with Crippen LogP contribution in [0.5, 0.6) is 0 Å². The summed E-state index contributed by atoms with van der Waals surface area (Å²) in [6.45, 7) is 2.34. The van der Waals surface area contributed by atoms with Gasteiger partial charge < -0.3 is 10.6 Å². The van der Waals surface area contributed by atoms with Gasteiger partial charge in [0.2, 0.25) is 5.91 Å². The highest BCUT2D eigenvalue weighted by Gasteiger charge is 2.30. The Balaban J connectivity index is 0.00000261. The molecule has 0 saturated carbocycles. The number of hydrogen-bond donors (Lipinski definition) is 2. The highest BCUT2D eigenvalue weighted by molar-refractivity contribution is 7.13. The van der Waals surface area contributed by atoms with Gasteiger partial charge in [0.1, 0.15) is 5.01 Å². The highest BCUT2D eigenvalue weighted by atomic mass is 35.5. The third kappa shape index (κ3) is 6.19. The molecule has 0 aliphatic carbocycles. The van der Waals surface area contributed by atoms with E-state index in [9.17, 15) is 18.0 Å². The number of nitrogens with one attached hydrogen (secondary N) is 2. The van der Waals surface area contributed by atoms with Gasteiger partial charge in [-0.05, 0) is 44.0 Å². The molecular formula is C18H21ClF3N3OS. The number of rotatable bonds is 6. The van der Waals surface area contributed by atoms with Crippen LogP contribution < -0.4 is 10.6 Å². The quantitative estimate of drug-likeness (QED) is 0.735. The number of benzene rings is 1. The Kier molecular flexibility index (Phi) is 7.64. The summed E-state index contributed by atoms with van der Waals surface area (Å²) >= 11 is 1.35. The van der Waals surface area contributed by atoms with E-state index in [2.05, 4.69) is 15.6 Å². The lowest BCUT2D eigenvalue weighted by molar-refractivity contribution is -0.137. The van der Waals surface area contributed by atoms with Crippen LogP contribution in [-0.2, 0) is 17.5 Å². The van der Waals surface area contributed by atoms with Crippen LogP contribution in [0.1, 0.15) is 30.5 Å². The maximum Gasteiger partial charge on any atom is 0.416 e. The highest BCUT2D eigenvalue weighted by Crippen LogP contribution is 2.31. The number of halogens is 4. The molecule has 1 aliphatic rings. The topological polar surface area (TPSA) is 54.0 Å². The van der Waals surface area contributed by atoms with E-state index < -0.39 is 11.7 Å². The summed E-state index contributed by atoms with van der Waals surface area (Å²) in [6, 6.07) is 4.94. The zero-order valence-corrected chi connectivity index (χ0v) is 16.1. The largest absolute Gasteiger partial charge is 0.416 e. The van der Waals surface area contributed by atoms with Crippen molar-refractivity contribution in [1.29, 1.82) is 0 Å². The van der Waals surface area contributed by atoms with Crippen molar-refractivity contribution >= 4 is 29.7 Å². The van der Waals surface area contributed by atoms with Crippen LogP contribution in [0, 0.1) is 5.92 Å². The van der Waals surface area contributed by atoms with Crippen LogP contribution in [0.4, 0.5) is 13.2 Å². The number of aromatic nitrogens is 1. The molecule has 2 aromatic rings. The molecule has 0 bridgehead atoms. The van der Waals surface area contributed by atoms with Gasteiger partial charge in [0.15, 0.2) is 0 Å². The number of hydrogen-bond acceptors (Lipinski definition) is 4. The molecule has 27 heavy (non-hydrogen) atoms. The van der Waals surface area contributed by atoms with E-state index in [1.165, 1.54) is 23.5 Å². The molecule has 1 unspecified atom stereocenters. The summed E-state index contributed by atoms with van der Waals surface area (Å²) in [5, 5.41) is 8.59. The first-order valence-corrected chi connectivity index (χ1v) is 9.39. The van der Waals surface area contributed by atoms with Crippen LogP contribution in [-0.4, -0.2) is 24.0 Å². The molecule has 0 radical (unpaired) electrons. The molecule has 148 valence electrons. The summed E-state index contributed by atoms with van der Waals surface area (Å²) in [5.74, 6) is 0.576. The Morgan fingerprint density at radius 1 is 1.30 bits per heavy atom. The van der Waals surface area contributed by atoms with Crippen molar-refractivity contribution in [2.75, 3.05) is 13.1 Å². The van der Waals surface area contributed by atoms with Crippen molar-refractivity contribution in [3.63, 3.8) is 0 Å². The minimum atomic E-state index is -4.34. The van der Waals surface area contributed by atoms with Gasteiger partial charge in [-0.25, -0.2) is 4.98 Å². The molecule has 1 saturated heterocycles. The predicted octanol–water partition coefficient (Wildman–Crippen LogP) is 4.26. The molecule has 9 heteroatoms. The molecule has 1 atom stereocenters. The maximum atomic E-state index is 12.6. The Morgan fingerprint density at radius 3 is 2.67 bits per heavy atom. The molecule has 1 aliphatic heterocycles. The molecule has 3 rings (SSSR count). The fraction of sp³-hybridized carbons (Fsp3) is 0.444. The van der Waals surface area contributed by atoms with E-state index in [0.717, 1.165) is 38.1 Å². The minimum absolute atomic E-state index is 0. The first-order chi connectivity index (χ1) is 12.4. The fourth-order valence-corrected chi connectivity index (χ4v) is 3.72. The average molecular weight is 420 g/mol. The Morgan fingerprint density at radius 2 is 2.04 bits per heavy atom. The molecule has 0 spiro atoms. The summed E-state index contributed by atoms with van der Waals surface area (Å²) in [4.78, 5) is 16.3. The van der Waals surface area contributed by atoms with Crippen LogP contribution in [0.15, 0.2) is 29.6 Å². The van der Waals surface area contributed by atoms with E-state index in [4.69, 9.17) is 0 Å². The smallest absolute Gasteiger partial charge is 0.350 e. The minimum Gasteiger partial charge on any atom is -0.350 e. The second-order valence-electron chi connectivity index (χ2n) is 6.39. The van der Waals surface area contributed by atoms with E-state index in [-0.39, 0.29) is 18.3 Å². The van der Waals surface area contributed by atoms with Crippen LogP contribution in [0.25, 0.3) is 10.6 Å². The van der Waals surface area contributed by atoms with Gasteiger partial charge in [0.25, 0.3) is 0 Å². The van der Waals surface area contributed by atoms with Crippen molar-refractivity contribution in [3.05, 3.63) is 40.9 Å². The molecule has 2 heterocycles. The standard InChI is InChI=1S/C18H20F3N3OS.ClH/c19-18(20,21)14-4-2-13(3-5-14)17-24-15(11-26-17)10-23-16(25)6-1-12-7-8-22-9-12;/h2-5,11-12,22H,1,6-10H2,(H,23,25);1H. The molecule has 2 N–H and O–H groups in total. The first-order valence-electron chi connectivity index (χ1n) is 8.51. The van der Waals surface area contributed by atoms with E-state index in [1.54, 1.807) is 0 Å². The number of amides is 1. The van der Waals surface area contributed by atoms with Crippen molar-refractivity contribution in [3.8, 4) is 10.6 Å². The number of alkyl halides is 3. The maximum absolute atomic E-state index is 12.6. The summed E-state index contributed by atoms with van der Waals surface area (Å²) in [5.41, 5.74) is 0.665. The molecule has 1 amide bonds. The van der Waals surface area contributed by atoms with Gasteiger partial charge in [-0.2, -0.15) is 13.2 Å². The lowest BCUT2D eigenvalue weighted by Crippen LogP contribution is -2.23. The second kappa shape index (κ2) is 9.52. The molecular weight excluding hydrogens is 399 g/mol. The molecule has 1 fully saturated rings. The van der Waals surface area contributed by atoms with Crippen LogP contribution >= 0.6 is 23.7 Å². The Labute approximate surface area is 166 Å². The monoisotopic (exact) mass is 419 g/mol. The predicted molar refractivity (Wildman–Crippen MR) is 102 cm³/mol. The van der Waals surface area contributed by atoms with Gasteiger partial charge in [-0.15, -0.1) is 23.7 Å². The van der Waals surface area contributed by atoms with Crippen LogP contribution in [0.2, 0.25) is 0 Å². The van der Waals surface area contributed by atoms with E-state index >= 15 is 0 Å². The summed E-state index contributed by atoms with van der Waals surface area (Å²) in [7, 11) is 0. The van der Waals surface area contributed by atoms with E-state index in [0.29, 0.717) is 35.1 Å². The molecule has 1 aromatic heterocycles. The number of thiazole rings is 1. The third-order valence-electron chi connectivity index (χ3n) is 4.42. The van der Waals surface area contributed by atoms with E-state index in [1.807, 2.05) is 5.38 Å². The average Bonchev–Trinajstić information content (AvgIpc) is 3.29. The van der Waals surface area contributed by atoms with Gasteiger partial charge in [-0.3, -0.25) is 4.79 Å². The third-order valence-corrected chi connectivity index (χ3v) is 5.36. The zero-order valence-electron chi connectivity index (χ0n) is 14.5. The van der Waals surface area contributed by atoms with Gasteiger partial charge in [0, 0.05) is 17.4 Å². The van der Waals surface area contributed by atoms with Gasteiger partial charge in [0.05, 0.1) is 17.8 Å². The lowest BCUT2D eigenvalue weighted by atomic mass is 10.0. The fourth-order valence-electron chi connectivity index (χ4n) is 2.90.